The van der Waals surface area contributed by atoms with Gasteiger partial charge in [0.05, 0.1) is 0 Å². The predicted octanol–water partition coefficient (Wildman–Crippen LogP) is 4.20. The van der Waals surface area contributed by atoms with Gasteiger partial charge in [0.1, 0.15) is 0 Å². The zero-order valence-corrected chi connectivity index (χ0v) is 11.0. The van der Waals surface area contributed by atoms with Crippen molar-refractivity contribution in [3.8, 4) is 0 Å². The summed E-state index contributed by atoms with van der Waals surface area (Å²) in [4.78, 5) is 2.54. The van der Waals surface area contributed by atoms with Gasteiger partial charge in [-0.2, -0.15) is 0 Å². The van der Waals surface area contributed by atoms with Crippen LogP contribution in [0.4, 0.5) is 0 Å². The molecule has 1 heteroatoms. The van der Waals surface area contributed by atoms with Crippen LogP contribution < -0.4 is 0 Å². The quantitative estimate of drug-likeness (QED) is 0.613. The number of fused-ring (bicyclic) bond motifs is 2. The van der Waals surface area contributed by atoms with Crippen molar-refractivity contribution in [2.75, 3.05) is 13.1 Å². The van der Waals surface area contributed by atoms with Gasteiger partial charge in [-0.05, 0) is 52.7 Å². The van der Waals surface area contributed by atoms with E-state index in [1.54, 1.807) is 0 Å². The third kappa shape index (κ3) is 1.82. The minimum Gasteiger partial charge on any atom is -0.299 e. The standard InChI is InChI=1S/C18H17N/c1-3-8-16-14(6-1)12-15-7-2-4-9-17(15)18(16)13-19-10-5-11-19/h1-4,6-9,12H,5,10-11,13H2. The molecular weight excluding hydrogens is 230 g/mol. The van der Waals surface area contributed by atoms with Crippen molar-refractivity contribution in [1.29, 1.82) is 0 Å². The Morgan fingerprint density at radius 3 is 1.89 bits per heavy atom. The van der Waals surface area contributed by atoms with Crippen LogP contribution in [0.5, 0.6) is 0 Å². The van der Waals surface area contributed by atoms with E-state index < -0.39 is 0 Å². The lowest BCUT2D eigenvalue weighted by molar-refractivity contribution is 0.174. The maximum absolute atomic E-state index is 2.54. The number of rotatable bonds is 2. The van der Waals surface area contributed by atoms with Crippen molar-refractivity contribution in [3.63, 3.8) is 0 Å². The van der Waals surface area contributed by atoms with E-state index in [1.165, 1.54) is 46.6 Å². The zero-order chi connectivity index (χ0) is 12.7. The summed E-state index contributed by atoms with van der Waals surface area (Å²) in [7, 11) is 0. The summed E-state index contributed by atoms with van der Waals surface area (Å²) in [6.07, 6.45) is 1.35. The van der Waals surface area contributed by atoms with Gasteiger partial charge in [0.15, 0.2) is 0 Å². The molecule has 0 saturated carbocycles. The maximum Gasteiger partial charge on any atom is 0.0246 e. The van der Waals surface area contributed by atoms with Gasteiger partial charge in [-0.3, -0.25) is 4.90 Å². The molecule has 1 fully saturated rings. The molecule has 19 heavy (non-hydrogen) atoms. The molecule has 1 aliphatic rings. The average molecular weight is 247 g/mol. The first-order valence-corrected chi connectivity index (χ1v) is 7.03. The van der Waals surface area contributed by atoms with Gasteiger partial charge in [-0.1, -0.05) is 48.5 Å². The van der Waals surface area contributed by atoms with E-state index in [4.69, 9.17) is 0 Å². The molecule has 3 aromatic rings. The van der Waals surface area contributed by atoms with Crippen molar-refractivity contribution in [3.05, 3.63) is 60.2 Å². The highest BCUT2D eigenvalue weighted by Gasteiger charge is 2.16. The Morgan fingerprint density at radius 2 is 1.37 bits per heavy atom. The molecule has 94 valence electrons. The van der Waals surface area contributed by atoms with Gasteiger partial charge in [0, 0.05) is 6.54 Å². The lowest BCUT2D eigenvalue weighted by Crippen LogP contribution is -2.36. The summed E-state index contributed by atoms with van der Waals surface area (Å²) >= 11 is 0. The minimum absolute atomic E-state index is 1.09. The molecule has 1 heterocycles. The second-order valence-electron chi connectivity index (χ2n) is 5.43. The zero-order valence-electron chi connectivity index (χ0n) is 11.0. The largest absolute Gasteiger partial charge is 0.299 e. The van der Waals surface area contributed by atoms with Crippen LogP contribution in [-0.4, -0.2) is 18.0 Å². The van der Waals surface area contributed by atoms with Crippen LogP contribution in [-0.2, 0) is 6.54 Å². The summed E-state index contributed by atoms with van der Waals surface area (Å²) in [6.45, 7) is 3.58. The minimum atomic E-state index is 1.09. The second kappa shape index (κ2) is 4.36. The lowest BCUT2D eigenvalue weighted by atomic mass is 9.96. The molecular formula is C18H17N. The number of hydrogen-bond acceptors (Lipinski definition) is 1. The molecule has 0 aliphatic carbocycles. The average Bonchev–Trinajstić information content (AvgIpc) is 2.41. The topological polar surface area (TPSA) is 3.24 Å². The van der Waals surface area contributed by atoms with Crippen LogP contribution in [0.2, 0.25) is 0 Å². The Bertz CT molecular complexity index is 687. The number of benzene rings is 3. The Labute approximate surface area is 113 Å². The normalized spacial score (nSPS) is 15.8. The van der Waals surface area contributed by atoms with Crippen molar-refractivity contribution >= 4 is 21.5 Å². The first-order chi connectivity index (χ1) is 9.42. The van der Waals surface area contributed by atoms with Crippen molar-refractivity contribution in [2.45, 2.75) is 13.0 Å². The van der Waals surface area contributed by atoms with Gasteiger partial charge < -0.3 is 0 Å². The Hall–Kier alpha value is -1.86. The van der Waals surface area contributed by atoms with E-state index in [0.717, 1.165) is 6.54 Å². The molecule has 1 saturated heterocycles. The molecule has 0 spiro atoms. The van der Waals surface area contributed by atoms with Gasteiger partial charge in [-0.25, -0.2) is 0 Å². The van der Waals surface area contributed by atoms with Crippen LogP contribution >= 0.6 is 0 Å². The molecule has 0 unspecified atom stereocenters. The summed E-state index contributed by atoms with van der Waals surface area (Å²) < 4.78 is 0. The Kier molecular flexibility index (Phi) is 2.52. The summed E-state index contributed by atoms with van der Waals surface area (Å²) in [5, 5.41) is 5.54. The highest BCUT2D eigenvalue weighted by atomic mass is 15.2. The monoisotopic (exact) mass is 247 g/mol. The smallest absolute Gasteiger partial charge is 0.0246 e. The number of likely N-dealkylation sites (tertiary alicyclic amines) is 1. The first kappa shape index (κ1) is 11.0. The molecule has 0 atom stereocenters. The summed E-state index contributed by atoms with van der Waals surface area (Å²) in [6, 6.07) is 19.8. The number of nitrogens with zero attached hydrogens (tertiary/aromatic N) is 1. The van der Waals surface area contributed by atoms with E-state index >= 15 is 0 Å². The molecule has 0 radical (unpaired) electrons. The highest BCUT2D eigenvalue weighted by molar-refractivity contribution is 6.02. The van der Waals surface area contributed by atoms with E-state index in [0.29, 0.717) is 0 Å². The number of hydrogen-bond donors (Lipinski definition) is 0. The van der Waals surface area contributed by atoms with Crippen LogP contribution in [0.15, 0.2) is 54.6 Å². The SMILES string of the molecule is c1ccc2c(CN3CCC3)c3ccccc3cc2c1. The highest BCUT2D eigenvalue weighted by Crippen LogP contribution is 2.30. The molecule has 0 aromatic heterocycles. The van der Waals surface area contributed by atoms with Crippen molar-refractivity contribution < 1.29 is 0 Å². The van der Waals surface area contributed by atoms with Crippen molar-refractivity contribution in [1.82, 2.24) is 4.90 Å². The van der Waals surface area contributed by atoms with E-state index in [2.05, 4.69) is 59.5 Å². The Balaban J connectivity index is 2.01. The summed E-state index contributed by atoms with van der Waals surface area (Å²) in [5.74, 6) is 0. The summed E-state index contributed by atoms with van der Waals surface area (Å²) in [5.41, 5.74) is 1.49. The van der Waals surface area contributed by atoms with E-state index in [1.807, 2.05) is 0 Å². The van der Waals surface area contributed by atoms with Crippen molar-refractivity contribution in [2.24, 2.45) is 0 Å². The first-order valence-electron chi connectivity index (χ1n) is 7.03. The van der Waals surface area contributed by atoms with Crippen LogP contribution in [0.25, 0.3) is 21.5 Å². The molecule has 0 amide bonds. The molecule has 0 N–H and O–H groups in total. The van der Waals surface area contributed by atoms with E-state index in [-0.39, 0.29) is 0 Å². The molecule has 1 nitrogen and oxygen atoms in total. The van der Waals surface area contributed by atoms with Crippen LogP contribution in [0.1, 0.15) is 12.0 Å². The predicted molar refractivity (Wildman–Crippen MR) is 81.3 cm³/mol. The maximum atomic E-state index is 2.54. The lowest BCUT2D eigenvalue weighted by Gasteiger charge is -2.31. The van der Waals surface area contributed by atoms with Gasteiger partial charge in [-0.15, -0.1) is 0 Å². The molecule has 3 aromatic carbocycles. The van der Waals surface area contributed by atoms with Gasteiger partial charge in [0.25, 0.3) is 0 Å². The third-order valence-corrected chi connectivity index (χ3v) is 4.21. The second-order valence-corrected chi connectivity index (χ2v) is 5.43. The molecule has 1 aliphatic heterocycles. The fourth-order valence-corrected chi connectivity index (χ4v) is 3.04. The Morgan fingerprint density at radius 1 is 0.789 bits per heavy atom. The fourth-order valence-electron chi connectivity index (χ4n) is 3.04. The third-order valence-electron chi connectivity index (χ3n) is 4.21. The van der Waals surface area contributed by atoms with Gasteiger partial charge in [0.2, 0.25) is 0 Å². The van der Waals surface area contributed by atoms with E-state index in [9.17, 15) is 0 Å². The fraction of sp³-hybridized carbons (Fsp3) is 0.222. The van der Waals surface area contributed by atoms with Crippen LogP contribution in [0, 0.1) is 0 Å². The van der Waals surface area contributed by atoms with Crippen LogP contribution in [0.3, 0.4) is 0 Å². The molecule has 0 bridgehead atoms. The van der Waals surface area contributed by atoms with Gasteiger partial charge >= 0.3 is 0 Å². The molecule has 4 rings (SSSR count).